The summed E-state index contributed by atoms with van der Waals surface area (Å²) in [6.07, 6.45) is 20.6. The molecular formula is C18H30O2. The minimum atomic E-state index is -0.892. The Morgan fingerprint density at radius 2 is 1.55 bits per heavy atom. The highest BCUT2D eigenvalue weighted by Crippen LogP contribution is 2.10. The highest BCUT2D eigenvalue weighted by atomic mass is 16.4. The Morgan fingerprint density at radius 3 is 2.15 bits per heavy atom. The molecule has 0 heterocycles. The van der Waals surface area contributed by atoms with E-state index >= 15 is 0 Å². The van der Waals surface area contributed by atoms with Crippen LogP contribution in [-0.4, -0.2) is 11.1 Å². The van der Waals surface area contributed by atoms with Gasteiger partial charge >= 0.3 is 5.97 Å². The second-order valence-electron chi connectivity index (χ2n) is 5.17. The van der Waals surface area contributed by atoms with Crippen LogP contribution >= 0.6 is 0 Å². The van der Waals surface area contributed by atoms with E-state index < -0.39 is 5.97 Å². The van der Waals surface area contributed by atoms with Gasteiger partial charge in [0.1, 0.15) is 0 Å². The minimum Gasteiger partial charge on any atom is -0.478 e. The first kappa shape index (κ1) is 18.7. The van der Waals surface area contributed by atoms with Gasteiger partial charge < -0.3 is 5.11 Å². The quantitative estimate of drug-likeness (QED) is 0.268. The molecule has 2 heteroatoms. The summed E-state index contributed by atoms with van der Waals surface area (Å²) in [5.74, 6) is -0.892. The van der Waals surface area contributed by atoms with Crippen LogP contribution in [0.25, 0.3) is 0 Å². The number of allylic oxidation sites excluding steroid dienone is 2. The van der Waals surface area contributed by atoms with Crippen molar-refractivity contribution in [3.05, 3.63) is 30.0 Å². The third kappa shape index (κ3) is 16.7. The Hall–Kier alpha value is -1.27. The van der Waals surface area contributed by atoms with Gasteiger partial charge in [0, 0.05) is 6.08 Å². The maximum absolute atomic E-state index is 10.2. The van der Waals surface area contributed by atoms with E-state index in [-0.39, 0.29) is 0 Å². The maximum atomic E-state index is 10.2. The SMILES string of the molecule is CCCCCCCCCCCC=C=CCC=CC(=O)O. The molecule has 1 N–H and O–H groups in total. The fourth-order valence-corrected chi connectivity index (χ4v) is 2.03. The third-order valence-electron chi connectivity index (χ3n) is 3.20. The van der Waals surface area contributed by atoms with Crippen molar-refractivity contribution in [2.24, 2.45) is 0 Å². The molecule has 114 valence electrons. The molecule has 0 saturated heterocycles. The number of rotatable bonds is 13. The van der Waals surface area contributed by atoms with E-state index in [1.54, 1.807) is 6.08 Å². The summed E-state index contributed by atoms with van der Waals surface area (Å²) in [7, 11) is 0. The van der Waals surface area contributed by atoms with Crippen molar-refractivity contribution in [1.82, 2.24) is 0 Å². The van der Waals surface area contributed by atoms with Gasteiger partial charge in [0.25, 0.3) is 0 Å². The predicted molar refractivity (Wildman–Crippen MR) is 85.9 cm³/mol. The smallest absolute Gasteiger partial charge is 0.327 e. The molecule has 2 nitrogen and oxygen atoms in total. The molecule has 0 aliphatic carbocycles. The fourth-order valence-electron chi connectivity index (χ4n) is 2.03. The van der Waals surface area contributed by atoms with Crippen LogP contribution in [0.4, 0.5) is 0 Å². The molecule has 0 rings (SSSR count). The number of carboxylic acid groups (broad SMARTS) is 1. The van der Waals surface area contributed by atoms with Crippen LogP contribution in [0.3, 0.4) is 0 Å². The average molecular weight is 278 g/mol. The molecule has 0 spiro atoms. The molecule has 0 aromatic rings. The van der Waals surface area contributed by atoms with E-state index in [2.05, 4.69) is 18.7 Å². The van der Waals surface area contributed by atoms with Crippen molar-refractivity contribution in [3.63, 3.8) is 0 Å². The van der Waals surface area contributed by atoms with Crippen LogP contribution in [-0.2, 0) is 4.79 Å². The van der Waals surface area contributed by atoms with Gasteiger partial charge in [-0.1, -0.05) is 64.4 Å². The zero-order valence-corrected chi connectivity index (χ0v) is 12.9. The second-order valence-corrected chi connectivity index (χ2v) is 5.17. The van der Waals surface area contributed by atoms with Crippen molar-refractivity contribution >= 4 is 5.97 Å². The van der Waals surface area contributed by atoms with Crippen LogP contribution in [0.1, 0.15) is 77.6 Å². The largest absolute Gasteiger partial charge is 0.478 e. The lowest BCUT2D eigenvalue weighted by atomic mass is 10.1. The molecule has 0 atom stereocenters. The van der Waals surface area contributed by atoms with Gasteiger partial charge in [-0.05, 0) is 31.4 Å². The molecular weight excluding hydrogens is 248 g/mol. The Balaban J connectivity index is 3.26. The molecule has 0 aromatic heterocycles. The van der Waals surface area contributed by atoms with Crippen molar-refractivity contribution in [2.45, 2.75) is 77.6 Å². The normalized spacial score (nSPS) is 10.4. The standard InChI is InChI=1S/C18H30O2/c1-2-3-4-5-6-7-8-9-10-11-12-13-14-15-16-17-18(19)20/h12,14,16-17H,2-11,15H2,1H3,(H,19,20). The summed E-state index contributed by atoms with van der Waals surface area (Å²) in [5, 5.41) is 8.39. The number of aliphatic carboxylic acids is 1. The van der Waals surface area contributed by atoms with E-state index in [0.717, 1.165) is 6.42 Å². The summed E-state index contributed by atoms with van der Waals surface area (Å²) in [6, 6.07) is 0. The molecule has 20 heavy (non-hydrogen) atoms. The fraction of sp³-hybridized carbons (Fsp3) is 0.667. The van der Waals surface area contributed by atoms with Crippen LogP contribution in [0, 0.1) is 0 Å². The van der Waals surface area contributed by atoms with E-state index in [0.29, 0.717) is 6.42 Å². The van der Waals surface area contributed by atoms with Crippen molar-refractivity contribution in [3.8, 4) is 0 Å². The first-order chi connectivity index (χ1) is 9.77. The van der Waals surface area contributed by atoms with E-state index in [9.17, 15) is 4.79 Å². The van der Waals surface area contributed by atoms with Crippen LogP contribution in [0.15, 0.2) is 30.0 Å². The molecule has 0 bridgehead atoms. The predicted octanol–water partition coefficient (Wildman–Crippen LogP) is 5.65. The summed E-state index contributed by atoms with van der Waals surface area (Å²) in [6.45, 7) is 2.25. The monoisotopic (exact) mass is 278 g/mol. The number of hydrogen-bond acceptors (Lipinski definition) is 1. The van der Waals surface area contributed by atoms with Crippen molar-refractivity contribution in [1.29, 1.82) is 0 Å². The van der Waals surface area contributed by atoms with Gasteiger partial charge in [0.15, 0.2) is 0 Å². The first-order valence-electron chi connectivity index (χ1n) is 8.06. The van der Waals surface area contributed by atoms with Crippen molar-refractivity contribution < 1.29 is 9.90 Å². The highest BCUT2D eigenvalue weighted by molar-refractivity contribution is 5.79. The average Bonchev–Trinajstić information content (AvgIpc) is 2.43. The second kappa shape index (κ2) is 15.8. The Bertz CT molecular complexity index is 309. The van der Waals surface area contributed by atoms with Crippen LogP contribution in [0.2, 0.25) is 0 Å². The third-order valence-corrected chi connectivity index (χ3v) is 3.20. The lowest BCUT2D eigenvalue weighted by molar-refractivity contribution is -0.131. The zero-order valence-electron chi connectivity index (χ0n) is 12.9. The summed E-state index contributed by atoms with van der Waals surface area (Å²) in [4.78, 5) is 10.2. The number of unbranched alkanes of at least 4 members (excludes halogenated alkanes) is 9. The van der Waals surface area contributed by atoms with Gasteiger partial charge in [-0.25, -0.2) is 4.79 Å². The summed E-state index contributed by atoms with van der Waals surface area (Å²) < 4.78 is 0. The molecule has 0 amide bonds. The maximum Gasteiger partial charge on any atom is 0.327 e. The van der Waals surface area contributed by atoms with Crippen molar-refractivity contribution in [2.75, 3.05) is 0 Å². The van der Waals surface area contributed by atoms with E-state index in [1.165, 1.54) is 63.9 Å². The lowest BCUT2D eigenvalue weighted by Gasteiger charge is -2.00. The molecule has 0 fully saturated rings. The molecule has 0 saturated carbocycles. The Morgan fingerprint density at radius 1 is 0.950 bits per heavy atom. The van der Waals surface area contributed by atoms with Gasteiger partial charge in [-0.2, -0.15) is 0 Å². The zero-order chi connectivity index (χ0) is 14.9. The lowest BCUT2D eigenvalue weighted by Crippen LogP contribution is -1.84. The summed E-state index contributed by atoms with van der Waals surface area (Å²) >= 11 is 0. The Labute approximate surface area is 124 Å². The van der Waals surface area contributed by atoms with E-state index in [1.807, 2.05) is 6.08 Å². The number of carboxylic acids is 1. The molecule has 0 aromatic carbocycles. The van der Waals surface area contributed by atoms with Crippen LogP contribution < -0.4 is 0 Å². The number of hydrogen-bond donors (Lipinski definition) is 1. The van der Waals surface area contributed by atoms with Gasteiger partial charge in [-0.15, -0.1) is 5.73 Å². The first-order valence-corrected chi connectivity index (χ1v) is 8.06. The number of carbonyl (C=O) groups is 1. The minimum absolute atomic E-state index is 0.639. The molecule has 0 aliphatic heterocycles. The topological polar surface area (TPSA) is 37.3 Å². The molecule has 0 aliphatic rings. The van der Waals surface area contributed by atoms with E-state index in [4.69, 9.17) is 5.11 Å². The highest BCUT2D eigenvalue weighted by Gasteiger charge is 1.90. The van der Waals surface area contributed by atoms with Gasteiger partial charge in [0.2, 0.25) is 0 Å². The molecule has 0 unspecified atom stereocenters. The van der Waals surface area contributed by atoms with Gasteiger partial charge in [-0.3, -0.25) is 0 Å². The van der Waals surface area contributed by atoms with Gasteiger partial charge in [0.05, 0.1) is 0 Å². The molecule has 0 radical (unpaired) electrons. The van der Waals surface area contributed by atoms with Crippen LogP contribution in [0.5, 0.6) is 0 Å². The Kier molecular flexibility index (Phi) is 14.8. The summed E-state index contributed by atoms with van der Waals surface area (Å²) in [5.41, 5.74) is 3.09.